The zero-order valence-electron chi connectivity index (χ0n) is 11.4. The Morgan fingerprint density at radius 3 is 2.68 bits per heavy atom. The first-order valence-electron chi connectivity index (χ1n) is 7.12. The number of rotatable bonds is 3. The van der Waals surface area contributed by atoms with Gasteiger partial charge in [0.05, 0.1) is 17.4 Å². The molecule has 1 heterocycles. The van der Waals surface area contributed by atoms with Crippen LogP contribution in [0.4, 0.5) is 0 Å². The molecule has 1 aromatic heterocycles. The van der Waals surface area contributed by atoms with Crippen molar-refractivity contribution >= 4 is 0 Å². The van der Waals surface area contributed by atoms with Crippen LogP contribution in [0.2, 0.25) is 0 Å². The van der Waals surface area contributed by atoms with E-state index in [0.29, 0.717) is 11.8 Å². The predicted molar refractivity (Wildman–Crippen MR) is 77.0 cm³/mol. The Morgan fingerprint density at radius 1 is 1.21 bits per heavy atom. The number of nitrogens with zero attached hydrogens (tertiary/aromatic N) is 2. The average molecular weight is 255 g/mol. The van der Waals surface area contributed by atoms with Crippen LogP contribution in [0, 0.1) is 11.8 Å². The van der Waals surface area contributed by atoms with E-state index in [1.165, 1.54) is 19.3 Å². The Labute approximate surface area is 114 Å². The number of hydrogen-bond donors (Lipinski definition) is 1. The Bertz CT molecular complexity index is 532. The van der Waals surface area contributed by atoms with Crippen LogP contribution in [0.25, 0.3) is 5.69 Å². The fourth-order valence-corrected chi connectivity index (χ4v) is 3.28. The Morgan fingerprint density at radius 2 is 2.00 bits per heavy atom. The Kier molecular flexibility index (Phi) is 3.38. The van der Waals surface area contributed by atoms with Gasteiger partial charge >= 0.3 is 0 Å². The Balaban J connectivity index is 1.92. The molecule has 100 valence electrons. The third-order valence-corrected chi connectivity index (χ3v) is 4.40. The van der Waals surface area contributed by atoms with E-state index in [4.69, 9.17) is 5.73 Å². The van der Waals surface area contributed by atoms with Crippen LogP contribution in [0.1, 0.15) is 37.9 Å². The molecular weight excluding hydrogens is 234 g/mol. The average Bonchev–Trinajstić information content (AvgIpc) is 3.07. The molecule has 1 aromatic carbocycles. The normalized spacial score (nSPS) is 24.5. The first-order chi connectivity index (χ1) is 9.27. The van der Waals surface area contributed by atoms with E-state index >= 15 is 0 Å². The smallest absolute Gasteiger partial charge is 0.0649 e. The summed E-state index contributed by atoms with van der Waals surface area (Å²) >= 11 is 0. The highest BCUT2D eigenvalue weighted by Crippen LogP contribution is 2.39. The topological polar surface area (TPSA) is 43.8 Å². The SMILES string of the molecule is CC1CCCC1C(N)c1ccnn1-c1ccccc1. The van der Waals surface area contributed by atoms with Crippen molar-refractivity contribution in [2.75, 3.05) is 0 Å². The lowest BCUT2D eigenvalue weighted by Gasteiger charge is -2.24. The molecule has 0 aliphatic heterocycles. The minimum atomic E-state index is 0.0835. The van der Waals surface area contributed by atoms with Gasteiger partial charge in [-0.3, -0.25) is 0 Å². The van der Waals surface area contributed by atoms with Crippen molar-refractivity contribution in [2.24, 2.45) is 17.6 Å². The van der Waals surface area contributed by atoms with Gasteiger partial charge in [-0.2, -0.15) is 5.10 Å². The standard InChI is InChI=1S/C16H21N3/c1-12-6-5-9-14(12)16(17)15-10-11-18-19(15)13-7-3-2-4-8-13/h2-4,7-8,10-12,14,16H,5-6,9,17H2,1H3. The van der Waals surface area contributed by atoms with Crippen molar-refractivity contribution in [2.45, 2.75) is 32.2 Å². The van der Waals surface area contributed by atoms with Crippen LogP contribution in [-0.2, 0) is 0 Å². The van der Waals surface area contributed by atoms with Gasteiger partial charge in [-0.05, 0) is 36.5 Å². The number of para-hydroxylation sites is 1. The van der Waals surface area contributed by atoms with Gasteiger partial charge in [0.15, 0.2) is 0 Å². The summed E-state index contributed by atoms with van der Waals surface area (Å²) in [5.74, 6) is 1.30. The summed E-state index contributed by atoms with van der Waals surface area (Å²) in [6.45, 7) is 2.32. The molecule has 1 aliphatic carbocycles. The quantitative estimate of drug-likeness (QED) is 0.914. The molecule has 3 heteroatoms. The summed E-state index contributed by atoms with van der Waals surface area (Å²) in [7, 11) is 0. The second-order valence-electron chi connectivity index (χ2n) is 5.60. The van der Waals surface area contributed by atoms with E-state index in [1.54, 1.807) is 0 Å². The van der Waals surface area contributed by atoms with Gasteiger partial charge in [-0.15, -0.1) is 0 Å². The van der Waals surface area contributed by atoms with Gasteiger partial charge < -0.3 is 5.73 Å². The lowest BCUT2D eigenvalue weighted by molar-refractivity contribution is 0.342. The van der Waals surface area contributed by atoms with Crippen LogP contribution in [0.15, 0.2) is 42.6 Å². The van der Waals surface area contributed by atoms with E-state index in [1.807, 2.05) is 29.1 Å². The molecule has 0 bridgehead atoms. The zero-order chi connectivity index (χ0) is 13.2. The summed E-state index contributed by atoms with van der Waals surface area (Å²) in [4.78, 5) is 0. The van der Waals surface area contributed by atoms with E-state index in [2.05, 4.69) is 30.2 Å². The third-order valence-electron chi connectivity index (χ3n) is 4.40. The molecular formula is C16H21N3. The van der Waals surface area contributed by atoms with Crippen molar-refractivity contribution in [3.05, 3.63) is 48.3 Å². The fourth-order valence-electron chi connectivity index (χ4n) is 3.28. The number of aromatic nitrogens is 2. The van der Waals surface area contributed by atoms with Crippen molar-refractivity contribution in [3.8, 4) is 5.69 Å². The van der Waals surface area contributed by atoms with Gasteiger partial charge in [0, 0.05) is 6.20 Å². The van der Waals surface area contributed by atoms with E-state index < -0.39 is 0 Å². The fraction of sp³-hybridized carbons (Fsp3) is 0.438. The molecule has 1 fully saturated rings. The summed E-state index contributed by atoms with van der Waals surface area (Å²) in [6.07, 6.45) is 5.70. The van der Waals surface area contributed by atoms with Gasteiger partial charge in [-0.25, -0.2) is 4.68 Å². The highest BCUT2D eigenvalue weighted by atomic mass is 15.3. The van der Waals surface area contributed by atoms with Gasteiger partial charge in [-0.1, -0.05) is 38.0 Å². The first-order valence-corrected chi connectivity index (χ1v) is 7.12. The molecule has 0 amide bonds. The maximum atomic E-state index is 6.51. The largest absolute Gasteiger partial charge is 0.322 e. The van der Waals surface area contributed by atoms with Crippen LogP contribution in [0.3, 0.4) is 0 Å². The van der Waals surface area contributed by atoms with Crippen molar-refractivity contribution in [1.29, 1.82) is 0 Å². The van der Waals surface area contributed by atoms with E-state index in [-0.39, 0.29) is 6.04 Å². The highest BCUT2D eigenvalue weighted by molar-refractivity contribution is 5.33. The molecule has 0 spiro atoms. The monoisotopic (exact) mass is 255 g/mol. The van der Waals surface area contributed by atoms with Crippen molar-refractivity contribution in [3.63, 3.8) is 0 Å². The summed E-state index contributed by atoms with van der Waals surface area (Å²) < 4.78 is 1.98. The van der Waals surface area contributed by atoms with Crippen molar-refractivity contribution in [1.82, 2.24) is 9.78 Å². The molecule has 0 radical (unpaired) electrons. The number of nitrogens with two attached hydrogens (primary N) is 1. The summed E-state index contributed by atoms with van der Waals surface area (Å²) in [6, 6.07) is 12.4. The Hall–Kier alpha value is -1.61. The summed E-state index contributed by atoms with van der Waals surface area (Å²) in [5.41, 5.74) is 8.73. The lowest BCUT2D eigenvalue weighted by Crippen LogP contribution is -2.25. The number of hydrogen-bond acceptors (Lipinski definition) is 2. The van der Waals surface area contributed by atoms with E-state index in [9.17, 15) is 0 Å². The van der Waals surface area contributed by atoms with Crippen LogP contribution in [0.5, 0.6) is 0 Å². The third kappa shape index (κ3) is 2.30. The molecule has 3 atom stereocenters. The predicted octanol–water partition coefficient (Wildman–Crippen LogP) is 3.31. The molecule has 2 N–H and O–H groups in total. The molecule has 19 heavy (non-hydrogen) atoms. The second kappa shape index (κ2) is 5.17. The molecule has 3 rings (SSSR count). The van der Waals surface area contributed by atoms with Crippen LogP contribution >= 0.6 is 0 Å². The highest BCUT2D eigenvalue weighted by Gasteiger charge is 2.31. The van der Waals surface area contributed by atoms with Crippen molar-refractivity contribution < 1.29 is 0 Å². The molecule has 1 aliphatic rings. The number of benzene rings is 1. The zero-order valence-corrected chi connectivity index (χ0v) is 11.4. The maximum Gasteiger partial charge on any atom is 0.0649 e. The second-order valence-corrected chi connectivity index (χ2v) is 5.60. The lowest BCUT2D eigenvalue weighted by atomic mass is 9.89. The van der Waals surface area contributed by atoms with Crippen LogP contribution < -0.4 is 5.73 Å². The molecule has 1 saturated carbocycles. The van der Waals surface area contributed by atoms with Gasteiger partial charge in [0.2, 0.25) is 0 Å². The minimum Gasteiger partial charge on any atom is -0.322 e. The molecule has 2 aromatic rings. The first kappa shape index (κ1) is 12.4. The summed E-state index contributed by atoms with van der Waals surface area (Å²) in [5, 5.41) is 4.44. The molecule has 0 saturated heterocycles. The molecule has 3 unspecified atom stereocenters. The van der Waals surface area contributed by atoms with E-state index in [0.717, 1.165) is 11.4 Å². The van der Waals surface area contributed by atoms with Crippen LogP contribution in [-0.4, -0.2) is 9.78 Å². The molecule has 3 nitrogen and oxygen atoms in total. The maximum absolute atomic E-state index is 6.51. The minimum absolute atomic E-state index is 0.0835. The van der Waals surface area contributed by atoms with Gasteiger partial charge in [0.25, 0.3) is 0 Å². The van der Waals surface area contributed by atoms with Gasteiger partial charge in [0.1, 0.15) is 0 Å².